The summed E-state index contributed by atoms with van der Waals surface area (Å²) in [6.45, 7) is 7.38. The minimum absolute atomic E-state index is 0.0812. The van der Waals surface area contributed by atoms with Crippen molar-refractivity contribution in [1.82, 2.24) is 14.9 Å². The van der Waals surface area contributed by atoms with Gasteiger partial charge in [-0.25, -0.2) is 4.79 Å². The van der Waals surface area contributed by atoms with Gasteiger partial charge in [-0.05, 0) is 30.1 Å². The van der Waals surface area contributed by atoms with Crippen molar-refractivity contribution in [2.24, 2.45) is 10.8 Å². The van der Waals surface area contributed by atoms with Crippen LogP contribution in [0.15, 0.2) is 15.7 Å². The van der Waals surface area contributed by atoms with Crippen molar-refractivity contribution < 1.29 is 4.79 Å². The Bertz CT molecular complexity index is 674. The molecule has 2 N–H and O–H groups in total. The standard InChI is InChI=1S/C15H21N3O3/c1-14(2)5-9-6-15(3,7-14)8-18(9)12(20)10-4-11(19)17-13(21)16-10/h4,9H,5-8H2,1-3H3,(H2,16,17,19,21)/t9-,15+/m1/s1. The summed E-state index contributed by atoms with van der Waals surface area (Å²) in [5, 5.41) is 0. The molecule has 3 rings (SSSR count). The van der Waals surface area contributed by atoms with Gasteiger partial charge >= 0.3 is 5.69 Å². The fraction of sp³-hybridized carbons (Fsp3) is 0.667. The number of likely N-dealkylation sites (tertiary alicyclic amines) is 1. The molecule has 1 aliphatic heterocycles. The summed E-state index contributed by atoms with van der Waals surface area (Å²) in [5.41, 5.74) is -0.759. The first-order valence-corrected chi connectivity index (χ1v) is 7.32. The SMILES string of the molecule is CC1(C)C[C@@H]2C[C@](C)(CN2C(=O)c2cc(=O)[nH]c(=O)[nH]2)C1. The van der Waals surface area contributed by atoms with Crippen molar-refractivity contribution in [1.29, 1.82) is 0 Å². The van der Waals surface area contributed by atoms with Crippen LogP contribution in [0.3, 0.4) is 0 Å². The number of nitrogens with zero attached hydrogens (tertiary/aromatic N) is 1. The Kier molecular flexibility index (Phi) is 2.90. The molecular weight excluding hydrogens is 270 g/mol. The van der Waals surface area contributed by atoms with Gasteiger partial charge in [0.05, 0.1) is 0 Å². The van der Waals surface area contributed by atoms with Crippen LogP contribution < -0.4 is 11.2 Å². The van der Waals surface area contributed by atoms with Gasteiger partial charge in [0, 0.05) is 18.7 Å². The molecule has 2 bridgehead atoms. The van der Waals surface area contributed by atoms with Gasteiger partial charge in [0.15, 0.2) is 0 Å². The molecule has 1 saturated carbocycles. The molecule has 1 aromatic heterocycles. The molecule has 0 radical (unpaired) electrons. The molecule has 0 aromatic carbocycles. The van der Waals surface area contributed by atoms with Crippen LogP contribution in [-0.2, 0) is 0 Å². The molecule has 114 valence electrons. The Morgan fingerprint density at radius 3 is 2.62 bits per heavy atom. The lowest BCUT2D eigenvalue weighted by molar-refractivity contribution is 0.0701. The van der Waals surface area contributed by atoms with Crippen molar-refractivity contribution in [2.75, 3.05) is 6.54 Å². The summed E-state index contributed by atoms with van der Waals surface area (Å²) in [6.07, 6.45) is 3.05. The highest BCUT2D eigenvalue weighted by atomic mass is 16.2. The number of hydrogen-bond acceptors (Lipinski definition) is 3. The molecule has 2 fully saturated rings. The molecule has 2 aliphatic rings. The third-order valence-electron chi connectivity index (χ3n) is 4.67. The Morgan fingerprint density at radius 1 is 1.24 bits per heavy atom. The van der Waals surface area contributed by atoms with Crippen molar-refractivity contribution in [3.05, 3.63) is 32.6 Å². The summed E-state index contributed by atoms with van der Waals surface area (Å²) in [6, 6.07) is 1.36. The lowest BCUT2D eigenvalue weighted by Crippen LogP contribution is -2.39. The van der Waals surface area contributed by atoms with E-state index < -0.39 is 11.2 Å². The molecule has 2 heterocycles. The van der Waals surface area contributed by atoms with Gasteiger partial charge in [-0.2, -0.15) is 0 Å². The van der Waals surface area contributed by atoms with Crippen LogP contribution in [0.4, 0.5) is 0 Å². The first-order chi connectivity index (χ1) is 9.67. The normalized spacial score (nSPS) is 30.4. The van der Waals surface area contributed by atoms with E-state index in [9.17, 15) is 14.4 Å². The van der Waals surface area contributed by atoms with Crippen LogP contribution in [-0.4, -0.2) is 33.4 Å². The number of amides is 1. The number of hydrogen-bond donors (Lipinski definition) is 2. The largest absolute Gasteiger partial charge is 0.334 e. The first kappa shape index (κ1) is 14.1. The Labute approximate surface area is 122 Å². The molecule has 6 heteroatoms. The van der Waals surface area contributed by atoms with Crippen LogP contribution in [0.2, 0.25) is 0 Å². The van der Waals surface area contributed by atoms with E-state index in [1.807, 2.05) is 4.90 Å². The number of rotatable bonds is 1. The number of aromatic amines is 2. The van der Waals surface area contributed by atoms with Gasteiger partial charge in [0.25, 0.3) is 11.5 Å². The van der Waals surface area contributed by atoms with E-state index in [4.69, 9.17) is 0 Å². The summed E-state index contributed by atoms with van der Waals surface area (Å²) in [4.78, 5) is 41.7. The average Bonchev–Trinajstić information content (AvgIpc) is 2.56. The van der Waals surface area contributed by atoms with Gasteiger partial charge in [-0.15, -0.1) is 0 Å². The minimum Gasteiger partial charge on any atom is -0.334 e. The fourth-order valence-electron chi connectivity index (χ4n) is 4.44. The van der Waals surface area contributed by atoms with E-state index in [1.165, 1.54) is 6.07 Å². The quantitative estimate of drug-likeness (QED) is 0.812. The number of carbonyl (C=O) groups excluding carboxylic acids is 1. The predicted octanol–water partition coefficient (Wildman–Crippen LogP) is 1.10. The van der Waals surface area contributed by atoms with Gasteiger partial charge in [0.1, 0.15) is 5.69 Å². The van der Waals surface area contributed by atoms with Crippen LogP contribution >= 0.6 is 0 Å². The molecule has 1 aromatic rings. The van der Waals surface area contributed by atoms with E-state index in [-0.39, 0.29) is 28.5 Å². The van der Waals surface area contributed by atoms with Crippen molar-refractivity contribution in [3.63, 3.8) is 0 Å². The number of aromatic nitrogens is 2. The van der Waals surface area contributed by atoms with E-state index in [0.29, 0.717) is 6.54 Å². The third kappa shape index (κ3) is 2.54. The van der Waals surface area contributed by atoms with Gasteiger partial charge < -0.3 is 9.88 Å². The number of nitrogens with one attached hydrogen (secondary N) is 2. The van der Waals surface area contributed by atoms with Crippen molar-refractivity contribution >= 4 is 5.91 Å². The van der Waals surface area contributed by atoms with E-state index in [0.717, 1.165) is 19.3 Å². The lowest BCUT2D eigenvalue weighted by Gasteiger charge is -2.39. The molecule has 6 nitrogen and oxygen atoms in total. The number of H-pyrrole nitrogens is 2. The van der Waals surface area contributed by atoms with Crippen molar-refractivity contribution in [3.8, 4) is 0 Å². The monoisotopic (exact) mass is 291 g/mol. The molecule has 0 spiro atoms. The first-order valence-electron chi connectivity index (χ1n) is 7.32. The number of fused-ring (bicyclic) bond motifs is 2. The van der Waals surface area contributed by atoms with Crippen LogP contribution in [0.25, 0.3) is 0 Å². The maximum Gasteiger partial charge on any atom is 0.326 e. The van der Waals surface area contributed by atoms with Crippen molar-refractivity contribution in [2.45, 2.75) is 46.1 Å². The Balaban J connectivity index is 1.93. The zero-order valence-corrected chi connectivity index (χ0v) is 12.7. The van der Waals surface area contributed by atoms with Gasteiger partial charge in [0.2, 0.25) is 0 Å². The molecule has 0 unspecified atom stereocenters. The summed E-state index contributed by atoms with van der Waals surface area (Å²) >= 11 is 0. The van der Waals surface area contributed by atoms with E-state index >= 15 is 0 Å². The van der Waals surface area contributed by atoms with Crippen LogP contribution in [0, 0.1) is 10.8 Å². The molecule has 1 aliphatic carbocycles. The second kappa shape index (κ2) is 4.32. The Hall–Kier alpha value is -1.85. The van der Waals surface area contributed by atoms with E-state index in [1.54, 1.807) is 0 Å². The molecule has 2 atom stereocenters. The highest BCUT2D eigenvalue weighted by Crippen LogP contribution is 2.52. The second-order valence-corrected chi connectivity index (χ2v) is 7.65. The van der Waals surface area contributed by atoms with Crippen LogP contribution in [0.5, 0.6) is 0 Å². The maximum absolute atomic E-state index is 12.7. The van der Waals surface area contributed by atoms with Gasteiger partial charge in [-0.3, -0.25) is 14.6 Å². The summed E-state index contributed by atoms with van der Waals surface area (Å²) < 4.78 is 0. The fourth-order valence-corrected chi connectivity index (χ4v) is 4.44. The maximum atomic E-state index is 12.7. The molecule has 1 amide bonds. The van der Waals surface area contributed by atoms with E-state index in [2.05, 4.69) is 30.7 Å². The summed E-state index contributed by atoms with van der Waals surface area (Å²) in [7, 11) is 0. The Morgan fingerprint density at radius 2 is 1.95 bits per heavy atom. The second-order valence-electron chi connectivity index (χ2n) is 7.65. The molecule has 21 heavy (non-hydrogen) atoms. The number of carbonyl (C=O) groups is 1. The predicted molar refractivity (Wildman–Crippen MR) is 78.2 cm³/mol. The highest BCUT2D eigenvalue weighted by Gasteiger charge is 2.51. The molecular formula is C15H21N3O3. The zero-order valence-electron chi connectivity index (χ0n) is 12.7. The lowest BCUT2D eigenvalue weighted by atomic mass is 9.65. The summed E-state index contributed by atoms with van der Waals surface area (Å²) in [5.74, 6) is -0.246. The van der Waals surface area contributed by atoms with Gasteiger partial charge in [-0.1, -0.05) is 20.8 Å². The average molecular weight is 291 g/mol. The topological polar surface area (TPSA) is 86.0 Å². The smallest absolute Gasteiger partial charge is 0.326 e. The minimum atomic E-state index is -0.639. The van der Waals surface area contributed by atoms with Crippen LogP contribution in [0.1, 0.15) is 50.5 Å². The zero-order chi connectivity index (χ0) is 15.4. The highest BCUT2D eigenvalue weighted by molar-refractivity contribution is 5.92. The third-order valence-corrected chi connectivity index (χ3v) is 4.67. The molecule has 1 saturated heterocycles.